The van der Waals surface area contributed by atoms with E-state index in [1.807, 2.05) is 24.3 Å². The van der Waals surface area contributed by atoms with Gasteiger partial charge in [0, 0.05) is 24.0 Å². The van der Waals surface area contributed by atoms with Crippen molar-refractivity contribution < 1.29 is 14.6 Å². The lowest BCUT2D eigenvalue weighted by Gasteiger charge is -2.24. The number of benzene rings is 2. The molecule has 2 aromatic carbocycles. The number of nitrogens with zero attached hydrogens (tertiary/aromatic N) is 1. The molecule has 3 rings (SSSR count). The Morgan fingerprint density at radius 3 is 2.35 bits per heavy atom. The summed E-state index contributed by atoms with van der Waals surface area (Å²) in [5.41, 5.74) is 1.95. The first kappa shape index (κ1) is 16.4. The summed E-state index contributed by atoms with van der Waals surface area (Å²) in [7, 11) is 0. The zero-order chi connectivity index (χ0) is 16.4. The van der Waals surface area contributed by atoms with Gasteiger partial charge in [-0.3, -0.25) is 4.90 Å². The molecule has 3 atom stereocenters. The smallest absolute Gasteiger partial charge is 0.123 e. The fourth-order valence-corrected chi connectivity index (χ4v) is 3.35. The number of likely N-dealkylation sites (tertiary alicyclic amines) is 1. The van der Waals surface area contributed by atoms with E-state index in [4.69, 9.17) is 11.6 Å². The Kier molecular flexibility index (Phi) is 4.97. The fourth-order valence-electron chi connectivity index (χ4n) is 3.22. The van der Waals surface area contributed by atoms with Crippen LogP contribution in [-0.2, 0) is 6.54 Å². The summed E-state index contributed by atoms with van der Waals surface area (Å²) in [5.74, 6) is -0.432. The highest BCUT2D eigenvalue weighted by Crippen LogP contribution is 2.33. The molecule has 0 aliphatic carbocycles. The summed E-state index contributed by atoms with van der Waals surface area (Å²) in [5, 5.41) is 20.9. The first-order valence-corrected chi connectivity index (χ1v) is 7.99. The molecular weight excluding hydrogens is 317 g/mol. The minimum atomic E-state index is -0.683. The van der Waals surface area contributed by atoms with Crippen LogP contribution in [0.3, 0.4) is 0 Å². The standard InChI is InChI=1S/C18H19ClFNO2/c19-14-5-1-12(2-6-14)9-21-10-16(18(23)17(21)11-22)13-3-7-15(20)8-4-13/h1-8,16-18,22-23H,9-11H2/t16-,17-,18-/m1/s1. The molecule has 1 aliphatic heterocycles. The van der Waals surface area contributed by atoms with Gasteiger partial charge in [-0.15, -0.1) is 0 Å². The predicted octanol–water partition coefficient (Wildman–Crippen LogP) is 2.80. The van der Waals surface area contributed by atoms with E-state index in [0.29, 0.717) is 18.1 Å². The SMILES string of the molecule is OC[C@@H]1[C@H](O)[C@@H](c2ccc(F)cc2)CN1Cc1ccc(Cl)cc1. The van der Waals surface area contributed by atoms with Gasteiger partial charge in [0.25, 0.3) is 0 Å². The zero-order valence-electron chi connectivity index (χ0n) is 12.6. The van der Waals surface area contributed by atoms with Crippen LogP contribution in [0.15, 0.2) is 48.5 Å². The van der Waals surface area contributed by atoms with Crippen molar-refractivity contribution in [2.75, 3.05) is 13.2 Å². The maximum atomic E-state index is 13.1. The van der Waals surface area contributed by atoms with Crippen molar-refractivity contribution in [3.8, 4) is 0 Å². The van der Waals surface area contributed by atoms with E-state index >= 15 is 0 Å². The van der Waals surface area contributed by atoms with Crippen LogP contribution in [0.4, 0.5) is 4.39 Å². The number of aliphatic hydroxyl groups is 2. The molecule has 1 heterocycles. The Morgan fingerprint density at radius 2 is 1.74 bits per heavy atom. The number of halogens is 2. The van der Waals surface area contributed by atoms with Crippen LogP contribution in [0.2, 0.25) is 5.02 Å². The van der Waals surface area contributed by atoms with Gasteiger partial charge in [-0.25, -0.2) is 4.39 Å². The van der Waals surface area contributed by atoms with Crippen molar-refractivity contribution in [2.45, 2.75) is 24.6 Å². The summed E-state index contributed by atoms with van der Waals surface area (Å²) in [4.78, 5) is 2.06. The topological polar surface area (TPSA) is 43.7 Å². The van der Waals surface area contributed by atoms with E-state index in [2.05, 4.69) is 4.90 Å². The van der Waals surface area contributed by atoms with Crippen LogP contribution < -0.4 is 0 Å². The highest BCUT2D eigenvalue weighted by molar-refractivity contribution is 6.30. The van der Waals surface area contributed by atoms with Crippen LogP contribution in [-0.4, -0.2) is 40.4 Å². The van der Waals surface area contributed by atoms with Crippen LogP contribution in [0.1, 0.15) is 17.0 Å². The van der Waals surface area contributed by atoms with E-state index in [0.717, 1.165) is 11.1 Å². The third-order valence-corrected chi connectivity index (χ3v) is 4.74. The molecule has 2 aromatic rings. The Hall–Kier alpha value is -1.46. The molecule has 122 valence electrons. The second-order valence-electron chi connectivity index (χ2n) is 5.95. The molecule has 1 saturated heterocycles. The van der Waals surface area contributed by atoms with Gasteiger partial charge >= 0.3 is 0 Å². The van der Waals surface area contributed by atoms with Crippen molar-refractivity contribution in [1.29, 1.82) is 0 Å². The Morgan fingerprint density at radius 1 is 1.09 bits per heavy atom. The lowest BCUT2D eigenvalue weighted by atomic mass is 9.94. The average molecular weight is 336 g/mol. The number of hydrogen-bond donors (Lipinski definition) is 2. The van der Waals surface area contributed by atoms with Crippen LogP contribution >= 0.6 is 11.6 Å². The predicted molar refractivity (Wildman–Crippen MR) is 87.9 cm³/mol. The van der Waals surface area contributed by atoms with E-state index in [9.17, 15) is 14.6 Å². The van der Waals surface area contributed by atoms with Gasteiger partial charge in [-0.05, 0) is 35.4 Å². The van der Waals surface area contributed by atoms with E-state index in [1.54, 1.807) is 12.1 Å². The quantitative estimate of drug-likeness (QED) is 0.903. The van der Waals surface area contributed by atoms with Gasteiger partial charge in [0.05, 0.1) is 18.8 Å². The normalized spacial score (nSPS) is 25.0. The summed E-state index contributed by atoms with van der Waals surface area (Å²) >= 11 is 5.90. The monoisotopic (exact) mass is 335 g/mol. The van der Waals surface area contributed by atoms with E-state index in [1.165, 1.54) is 12.1 Å². The van der Waals surface area contributed by atoms with Crippen molar-refractivity contribution in [2.24, 2.45) is 0 Å². The average Bonchev–Trinajstić information content (AvgIpc) is 2.86. The second-order valence-corrected chi connectivity index (χ2v) is 6.39. The Balaban J connectivity index is 1.78. The van der Waals surface area contributed by atoms with Crippen molar-refractivity contribution >= 4 is 11.6 Å². The van der Waals surface area contributed by atoms with Crippen LogP contribution in [0, 0.1) is 5.82 Å². The number of aliphatic hydroxyl groups excluding tert-OH is 2. The highest BCUT2D eigenvalue weighted by Gasteiger charge is 2.40. The highest BCUT2D eigenvalue weighted by atomic mass is 35.5. The largest absolute Gasteiger partial charge is 0.395 e. The van der Waals surface area contributed by atoms with Crippen LogP contribution in [0.25, 0.3) is 0 Å². The summed E-state index contributed by atoms with van der Waals surface area (Å²) in [6.07, 6.45) is -0.683. The molecule has 3 nitrogen and oxygen atoms in total. The van der Waals surface area contributed by atoms with Crippen molar-refractivity contribution in [3.05, 3.63) is 70.5 Å². The molecule has 0 spiro atoms. The van der Waals surface area contributed by atoms with Gasteiger partial charge in [-0.2, -0.15) is 0 Å². The third-order valence-electron chi connectivity index (χ3n) is 4.49. The molecule has 0 unspecified atom stereocenters. The molecule has 1 fully saturated rings. The number of rotatable bonds is 4. The number of hydrogen-bond acceptors (Lipinski definition) is 3. The molecule has 1 aliphatic rings. The maximum Gasteiger partial charge on any atom is 0.123 e. The molecule has 0 saturated carbocycles. The molecular formula is C18H19ClFNO2. The lowest BCUT2D eigenvalue weighted by molar-refractivity contribution is 0.0641. The molecule has 5 heteroatoms. The first-order chi connectivity index (χ1) is 11.1. The van der Waals surface area contributed by atoms with Gasteiger partial charge in [0.15, 0.2) is 0 Å². The van der Waals surface area contributed by atoms with Gasteiger partial charge in [-0.1, -0.05) is 35.9 Å². The van der Waals surface area contributed by atoms with E-state index < -0.39 is 6.10 Å². The minimum absolute atomic E-state index is 0.119. The van der Waals surface area contributed by atoms with Gasteiger partial charge < -0.3 is 10.2 Å². The molecule has 23 heavy (non-hydrogen) atoms. The molecule has 0 amide bonds. The van der Waals surface area contributed by atoms with Gasteiger partial charge in [0.1, 0.15) is 5.82 Å². The Bertz CT molecular complexity index is 647. The Labute approximate surface area is 139 Å². The summed E-state index contributed by atoms with van der Waals surface area (Å²) in [6, 6.07) is 13.4. The molecule has 0 aromatic heterocycles. The third kappa shape index (κ3) is 3.56. The molecule has 0 radical (unpaired) electrons. The first-order valence-electron chi connectivity index (χ1n) is 7.61. The van der Waals surface area contributed by atoms with Crippen LogP contribution in [0.5, 0.6) is 0 Å². The summed E-state index contributed by atoms with van der Waals surface area (Å²) in [6.45, 7) is 1.12. The van der Waals surface area contributed by atoms with Gasteiger partial charge in [0.2, 0.25) is 0 Å². The molecule has 2 N–H and O–H groups in total. The summed E-state index contributed by atoms with van der Waals surface area (Å²) < 4.78 is 13.1. The van der Waals surface area contributed by atoms with Crippen molar-refractivity contribution in [1.82, 2.24) is 4.90 Å². The lowest BCUT2D eigenvalue weighted by Crippen LogP contribution is -2.38. The second kappa shape index (κ2) is 6.97. The minimum Gasteiger partial charge on any atom is -0.395 e. The molecule has 0 bridgehead atoms. The zero-order valence-corrected chi connectivity index (χ0v) is 13.3. The van der Waals surface area contributed by atoms with E-state index in [-0.39, 0.29) is 24.4 Å². The van der Waals surface area contributed by atoms with Crippen molar-refractivity contribution in [3.63, 3.8) is 0 Å². The maximum absolute atomic E-state index is 13.1. The fraction of sp³-hybridized carbons (Fsp3) is 0.333.